The average Bonchev–Trinajstić information content (AvgIpc) is 2.26. The number of carbonyl (C=O) groups excluding carboxylic acids is 1. The normalized spacial score (nSPS) is 27.4. The largest absolute Gasteiger partial charge is 0.459 e. The molecule has 1 fully saturated rings. The van der Waals surface area contributed by atoms with Crippen LogP contribution in [0, 0.1) is 5.92 Å². The maximum atomic E-state index is 11.8. The molecule has 0 bridgehead atoms. The number of esters is 1. The minimum Gasteiger partial charge on any atom is -0.459 e. The van der Waals surface area contributed by atoms with E-state index in [-0.39, 0.29) is 18.1 Å². The van der Waals surface area contributed by atoms with Gasteiger partial charge in [0.1, 0.15) is 12.1 Å². The van der Waals surface area contributed by atoms with Crippen LogP contribution >= 0.6 is 0 Å². The van der Waals surface area contributed by atoms with Crippen molar-refractivity contribution in [3.63, 3.8) is 0 Å². The molecular formula is C12H23NO3. The molecule has 94 valence electrons. The lowest BCUT2D eigenvalue weighted by atomic mass is 9.94. The highest BCUT2D eigenvalue weighted by molar-refractivity contribution is 5.76. The topological polar surface area (TPSA) is 47.6 Å². The summed E-state index contributed by atoms with van der Waals surface area (Å²) in [7, 11) is 0. The second kappa shape index (κ2) is 6.86. The molecule has 0 radical (unpaired) electrons. The van der Waals surface area contributed by atoms with E-state index in [9.17, 15) is 4.79 Å². The molecule has 0 aromatic heterocycles. The second-order valence-electron chi connectivity index (χ2n) is 4.54. The number of hydrogen-bond acceptors (Lipinski definition) is 4. The lowest BCUT2D eigenvalue weighted by molar-refractivity contribution is -0.154. The van der Waals surface area contributed by atoms with Gasteiger partial charge in [-0.1, -0.05) is 6.92 Å². The maximum Gasteiger partial charge on any atom is 0.323 e. The third-order valence-corrected chi connectivity index (χ3v) is 2.82. The van der Waals surface area contributed by atoms with Crippen LogP contribution in [0.1, 0.15) is 33.6 Å². The van der Waals surface area contributed by atoms with Gasteiger partial charge in [-0.15, -0.1) is 0 Å². The van der Waals surface area contributed by atoms with Gasteiger partial charge >= 0.3 is 5.97 Å². The fraction of sp³-hybridized carbons (Fsp3) is 0.917. The van der Waals surface area contributed by atoms with Gasteiger partial charge in [0.05, 0.1) is 6.61 Å². The van der Waals surface area contributed by atoms with Crippen LogP contribution in [0.25, 0.3) is 0 Å². The van der Waals surface area contributed by atoms with E-state index in [1.165, 1.54) is 0 Å². The summed E-state index contributed by atoms with van der Waals surface area (Å²) >= 11 is 0. The quantitative estimate of drug-likeness (QED) is 0.723. The number of piperidine rings is 1. The van der Waals surface area contributed by atoms with Crippen molar-refractivity contribution in [3.05, 3.63) is 0 Å². The summed E-state index contributed by atoms with van der Waals surface area (Å²) < 4.78 is 10.5. The van der Waals surface area contributed by atoms with Crippen molar-refractivity contribution in [3.8, 4) is 0 Å². The summed E-state index contributed by atoms with van der Waals surface area (Å²) in [6, 6.07) is -0.132. The molecule has 0 aromatic rings. The van der Waals surface area contributed by atoms with Crippen molar-refractivity contribution in [2.45, 2.75) is 45.8 Å². The molecular weight excluding hydrogens is 206 g/mol. The third kappa shape index (κ3) is 4.49. The zero-order valence-electron chi connectivity index (χ0n) is 10.5. The van der Waals surface area contributed by atoms with Gasteiger partial charge in [-0.25, -0.2) is 0 Å². The van der Waals surface area contributed by atoms with Gasteiger partial charge in [0.25, 0.3) is 0 Å². The maximum absolute atomic E-state index is 11.8. The Morgan fingerprint density at radius 3 is 2.94 bits per heavy atom. The molecule has 4 heteroatoms. The number of ether oxygens (including phenoxy) is 2. The summed E-state index contributed by atoms with van der Waals surface area (Å²) in [6.45, 7) is 8.00. The van der Waals surface area contributed by atoms with Gasteiger partial charge in [-0.05, 0) is 39.2 Å². The van der Waals surface area contributed by atoms with E-state index in [0.29, 0.717) is 19.1 Å². The average molecular weight is 229 g/mol. The van der Waals surface area contributed by atoms with Crippen molar-refractivity contribution in [1.29, 1.82) is 0 Å². The van der Waals surface area contributed by atoms with E-state index < -0.39 is 0 Å². The molecule has 0 aliphatic carbocycles. The molecule has 0 amide bonds. The molecule has 1 aliphatic heterocycles. The Labute approximate surface area is 97.7 Å². The van der Waals surface area contributed by atoms with Crippen molar-refractivity contribution < 1.29 is 14.3 Å². The highest BCUT2D eigenvalue weighted by atomic mass is 16.6. The van der Waals surface area contributed by atoms with E-state index in [1.54, 1.807) is 0 Å². The lowest BCUT2D eigenvalue weighted by Crippen LogP contribution is -2.45. The molecule has 1 heterocycles. The van der Waals surface area contributed by atoms with Gasteiger partial charge in [-0.2, -0.15) is 0 Å². The third-order valence-electron chi connectivity index (χ3n) is 2.82. The summed E-state index contributed by atoms with van der Waals surface area (Å²) in [6.07, 6.45) is 1.85. The molecule has 1 aliphatic rings. The fourth-order valence-corrected chi connectivity index (χ4v) is 1.89. The fourth-order valence-electron chi connectivity index (χ4n) is 1.89. The molecule has 3 unspecified atom stereocenters. The zero-order chi connectivity index (χ0) is 12.0. The first kappa shape index (κ1) is 13.5. The zero-order valence-corrected chi connectivity index (χ0v) is 10.5. The lowest BCUT2D eigenvalue weighted by Gasteiger charge is -2.27. The van der Waals surface area contributed by atoms with Crippen molar-refractivity contribution in [1.82, 2.24) is 5.32 Å². The molecule has 0 aromatic carbocycles. The van der Waals surface area contributed by atoms with Gasteiger partial charge in [0, 0.05) is 6.61 Å². The first-order valence-corrected chi connectivity index (χ1v) is 6.15. The van der Waals surface area contributed by atoms with Crippen LogP contribution in [0.5, 0.6) is 0 Å². The molecule has 16 heavy (non-hydrogen) atoms. The summed E-state index contributed by atoms with van der Waals surface area (Å²) in [5.74, 6) is 0.458. The standard InChI is InChI=1S/C12H23NO3/c1-4-15-8-10(3)16-12(14)11-7-9(2)5-6-13-11/h9-11,13H,4-8H2,1-3H3. The molecule has 1 N–H and O–H groups in total. The first-order valence-electron chi connectivity index (χ1n) is 6.15. The van der Waals surface area contributed by atoms with E-state index >= 15 is 0 Å². The number of hydrogen-bond donors (Lipinski definition) is 1. The van der Waals surface area contributed by atoms with Gasteiger partial charge < -0.3 is 14.8 Å². The van der Waals surface area contributed by atoms with Crippen LogP contribution in [0.2, 0.25) is 0 Å². The number of rotatable bonds is 5. The van der Waals surface area contributed by atoms with Gasteiger partial charge in [0.15, 0.2) is 0 Å². The van der Waals surface area contributed by atoms with E-state index in [1.807, 2.05) is 13.8 Å². The summed E-state index contributed by atoms with van der Waals surface area (Å²) in [5, 5.41) is 3.20. The molecule has 1 rings (SSSR count). The summed E-state index contributed by atoms with van der Waals surface area (Å²) in [4.78, 5) is 11.8. The number of nitrogens with one attached hydrogen (secondary N) is 1. The highest BCUT2D eigenvalue weighted by Crippen LogP contribution is 2.16. The van der Waals surface area contributed by atoms with Gasteiger partial charge in [0.2, 0.25) is 0 Å². The van der Waals surface area contributed by atoms with Gasteiger partial charge in [-0.3, -0.25) is 4.79 Å². The Hall–Kier alpha value is -0.610. The predicted octanol–water partition coefficient (Wildman–Crippen LogP) is 1.34. The van der Waals surface area contributed by atoms with Crippen molar-refractivity contribution in [2.75, 3.05) is 19.8 Å². The molecule has 3 atom stereocenters. The van der Waals surface area contributed by atoms with Crippen LogP contribution in [0.4, 0.5) is 0 Å². The minimum absolute atomic E-state index is 0.132. The molecule has 0 saturated carbocycles. The molecule has 1 saturated heterocycles. The SMILES string of the molecule is CCOCC(C)OC(=O)C1CC(C)CCN1. The monoisotopic (exact) mass is 229 g/mol. The van der Waals surface area contributed by atoms with E-state index in [0.717, 1.165) is 19.4 Å². The smallest absolute Gasteiger partial charge is 0.323 e. The Morgan fingerprint density at radius 2 is 2.31 bits per heavy atom. The molecule has 0 spiro atoms. The van der Waals surface area contributed by atoms with Crippen LogP contribution in [0.15, 0.2) is 0 Å². The predicted molar refractivity (Wildman–Crippen MR) is 62.2 cm³/mol. The molecule has 4 nitrogen and oxygen atoms in total. The first-order chi connectivity index (χ1) is 7.63. The van der Waals surface area contributed by atoms with Crippen LogP contribution in [0.3, 0.4) is 0 Å². The van der Waals surface area contributed by atoms with Crippen LogP contribution < -0.4 is 5.32 Å². The van der Waals surface area contributed by atoms with Crippen molar-refractivity contribution in [2.24, 2.45) is 5.92 Å². The Kier molecular flexibility index (Phi) is 5.77. The second-order valence-corrected chi connectivity index (χ2v) is 4.54. The van der Waals surface area contributed by atoms with E-state index in [4.69, 9.17) is 9.47 Å². The Balaban J connectivity index is 2.27. The van der Waals surface area contributed by atoms with Crippen molar-refractivity contribution >= 4 is 5.97 Å². The highest BCUT2D eigenvalue weighted by Gasteiger charge is 2.26. The number of carbonyl (C=O) groups is 1. The Morgan fingerprint density at radius 1 is 1.56 bits per heavy atom. The summed E-state index contributed by atoms with van der Waals surface area (Å²) in [5.41, 5.74) is 0. The minimum atomic E-state index is -0.161. The van der Waals surface area contributed by atoms with Crippen LogP contribution in [-0.2, 0) is 14.3 Å². The van der Waals surface area contributed by atoms with E-state index in [2.05, 4.69) is 12.2 Å². The van der Waals surface area contributed by atoms with Crippen LogP contribution in [-0.4, -0.2) is 37.9 Å². The Bertz CT molecular complexity index is 220.